The highest BCUT2D eigenvalue weighted by molar-refractivity contribution is 5.92. The Labute approximate surface area is 145 Å². The number of carbonyl (C=O) groups is 2. The molecule has 1 heterocycles. The molecule has 1 aliphatic heterocycles. The number of piperazine rings is 1. The molecule has 0 aliphatic carbocycles. The Morgan fingerprint density at radius 1 is 1.21 bits per heavy atom. The maximum Gasteiger partial charge on any atom is 0.279 e. The Hall–Kier alpha value is -1.88. The minimum atomic E-state index is 0.0489. The van der Waals surface area contributed by atoms with Crippen LogP contribution in [0.5, 0.6) is 0 Å². The molecule has 0 aromatic heterocycles. The van der Waals surface area contributed by atoms with Crippen LogP contribution in [0.4, 0.5) is 5.69 Å². The summed E-state index contributed by atoms with van der Waals surface area (Å²) in [5, 5.41) is 3.03. The van der Waals surface area contributed by atoms with Crippen LogP contribution < -0.4 is 10.2 Å². The van der Waals surface area contributed by atoms with Crippen LogP contribution >= 0.6 is 0 Å². The van der Waals surface area contributed by atoms with Gasteiger partial charge < -0.3 is 15.1 Å². The first-order valence-corrected chi connectivity index (χ1v) is 8.98. The molecular formula is C19H30N3O2+. The van der Waals surface area contributed by atoms with Crippen LogP contribution in [0.3, 0.4) is 0 Å². The predicted molar refractivity (Wildman–Crippen MR) is 96.0 cm³/mol. The molecule has 24 heavy (non-hydrogen) atoms. The number of anilines is 1. The Morgan fingerprint density at radius 3 is 2.50 bits per heavy atom. The average Bonchev–Trinajstić information content (AvgIpc) is 2.55. The van der Waals surface area contributed by atoms with Gasteiger partial charge in [-0.1, -0.05) is 39.0 Å². The van der Waals surface area contributed by atoms with E-state index in [9.17, 15) is 9.59 Å². The number of hydrogen-bond acceptors (Lipinski definition) is 2. The first-order chi connectivity index (χ1) is 11.5. The summed E-state index contributed by atoms with van der Waals surface area (Å²) in [6.45, 7) is 9.86. The van der Waals surface area contributed by atoms with E-state index < -0.39 is 0 Å². The molecule has 2 rings (SSSR count). The molecule has 1 aromatic rings. The van der Waals surface area contributed by atoms with Gasteiger partial charge in [-0.25, -0.2) is 0 Å². The molecule has 0 atom stereocenters. The van der Waals surface area contributed by atoms with Crippen molar-refractivity contribution in [3.63, 3.8) is 0 Å². The van der Waals surface area contributed by atoms with Gasteiger partial charge in [-0.05, 0) is 24.0 Å². The van der Waals surface area contributed by atoms with E-state index in [1.165, 1.54) is 4.90 Å². The normalized spacial score (nSPS) is 15.6. The lowest BCUT2D eigenvalue weighted by molar-refractivity contribution is -0.895. The summed E-state index contributed by atoms with van der Waals surface area (Å²) in [4.78, 5) is 27.6. The first-order valence-electron chi connectivity index (χ1n) is 8.98. The molecule has 0 saturated carbocycles. The molecule has 1 fully saturated rings. The highest BCUT2D eigenvalue weighted by atomic mass is 16.2. The van der Waals surface area contributed by atoms with Gasteiger partial charge in [0.15, 0.2) is 6.54 Å². The summed E-state index contributed by atoms with van der Waals surface area (Å²) in [6.07, 6.45) is 1.52. The first kappa shape index (κ1) is 18.5. The van der Waals surface area contributed by atoms with Crippen LogP contribution in [-0.4, -0.2) is 49.4 Å². The fourth-order valence-electron chi connectivity index (χ4n) is 3.10. The second-order valence-electron chi connectivity index (χ2n) is 6.96. The van der Waals surface area contributed by atoms with E-state index in [1.807, 2.05) is 29.2 Å². The van der Waals surface area contributed by atoms with E-state index in [2.05, 4.69) is 26.1 Å². The van der Waals surface area contributed by atoms with Crippen molar-refractivity contribution in [3.05, 3.63) is 29.8 Å². The third-order valence-corrected chi connectivity index (χ3v) is 4.49. The van der Waals surface area contributed by atoms with Gasteiger partial charge in [0.2, 0.25) is 5.91 Å². The minimum absolute atomic E-state index is 0.0489. The highest BCUT2D eigenvalue weighted by Crippen LogP contribution is 2.14. The van der Waals surface area contributed by atoms with Crippen LogP contribution in [0.2, 0.25) is 0 Å². The van der Waals surface area contributed by atoms with Crippen molar-refractivity contribution in [2.75, 3.05) is 38.0 Å². The fraction of sp³-hybridized carbons (Fsp3) is 0.579. The van der Waals surface area contributed by atoms with Crippen LogP contribution in [0, 0.1) is 5.92 Å². The van der Waals surface area contributed by atoms with Crippen molar-refractivity contribution in [2.45, 2.75) is 33.6 Å². The lowest BCUT2D eigenvalue weighted by Crippen LogP contribution is -3.15. The molecule has 1 aromatic carbocycles. The van der Waals surface area contributed by atoms with Gasteiger partial charge in [0, 0.05) is 12.1 Å². The van der Waals surface area contributed by atoms with Crippen molar-refractivity contribution in [1.29, 1.82) is 0 Å². The van der Waals surface area contributed by atoms with Gasteiger partial charge >= 0.3 is 0 Å². The van der Waals surface area contributed by atoms with Gasteiger partial charge in [0.25, 0.3) is 5.91 Å². The monoisotopic (exact) mass is 332 g/mol. The highest BCUT2D eigenvalue weighted by Gasteiger charge is 2.25. The van der Waals surface area contributed by atoms with Gasteiger partial charge in [0.1, 0.15) is 0 Å². The standard InChI is InChI=1S/C19H29N3O2/c1-4-16-7-5-6-8-17(16)20-18(23)14-21-9-11-22(12-10-21)19(24)13-15(2)3/h5-8,15H,4,9-14H2,1-3H3,(H,20,23)/p+1. The van der Waals surface area contributed by atoms with Crippen LogP contribution in [0.1, 0.15) is 32.8 Å². The number of hydrogen-bond donors (Lipinski definition) is 2. The molecule has 2 N–H and O–H groups in total. The molecule has 1 aliphatic rings. The third kappa shape index (κ3) is 5.34. The minimum Gasteiger partial charge on any atom is -0.331 e. The Morgan fingerprint density at radius 2 is 1.88 bits per heavy atom. The van der Waals surface area contributed by atoms with Crippen molar-refractivity contribution in [2.24, 2.45) is 5.92 Å². The summed E-state index contributed by atoms with van der Waals surface area (Å²) < 4.78 is 0. The summed E-state index contributed by atoms with van der Waals surface area (Å²) in [5.74, 6) is 0.686. The molecule has 0 spiro atoms. The van der Waals surface area contributed by atoms with Crippen molar-refractivity contribution >= 4 is 17.5 Å². The summed E-state index contributed by atoms with van der Waals surface area (Å²) in [6, 6.07) is 7.93. The third-order valence-electron chi connectivity index (χ3n) is 4.49. The zero-order chi connectivity index (χ0) is 17.5. The number of para-hydroxylation sites is 1. The number of quaternary nitrogens is 1. The summed E-state index contributed by atoms with van der Waals surface area (Å²) in [7, 11) is 0. The molecule has 0 bridgehead atoms. The smallest absolute Gasteiger partial charge is 0.279 e. The number of nitrogens with one attached hydrogen (secondary N) is 2. The largest absolute Gasteiger partial charge is 0.331 e. The summed E-state index contributed by atoms with van der Waals surface area (Å²) in [5.41, 5.74) is 2.07. The van der Waals surface area contributed by atoms with Gasteiger partial charge in [-0.3, -0.25) is 9.59 Å². The molecule has 0 radical (unpaired) electrons. The zero-order valence-electron chi connectivity index (χ0n) is 15.1. The molecule has 5 heteroatoms. The van der Waals surface area contributed by atoms with E-state index in [-0.39, 0.29) is 11.8 Å². The maximum atomic E-state index is 12.3. The van der Waals surface area contributed by atoms with Crippen LogP contribution in [0.15, 0.2) is 24.3 Å². The molecule has 132 valence electrons. The van der Waals surface area contributed by atoms with E-state index in [1.54, 1.807) is 0 Å². The quantitative estimate of drug-likeness (QED) is 0.815. The fourth-order valence-corrected chi connectivity index (χ4v) is 3.10. The van der Waals surface area contributed by atoms with E-state index in [0.29, 0.717) is 18.9 Å². The number of benzene rings is 1. The lowest BCUT2D eigenvalue weighted by atomic mass is 10.1. The molecule has 2 amide bonds. The number of amides is 2. The SMILES string of the molecule is CCc1ccccc1NC(=O)C[NH+]1CCN(C(=O)CC(C)C)CC1. The Kier molecular flexibility index (Phi) is 6.79. The number of nitrogens with zero attached hydrogens (tertiary/aromatic N) is 1. The van der Waals surface area contributed by atoms with Crippen LogP contribution in [0.25, 0.3) is 0 Å². The lowest BCUT2D eigenvalue weighted by Gasteiger charge is -2.32. The molecule has 1 saturated heterocycles. The maximum absolute atomic E-state index is 12.3. The Bertz CT molecular complexity index is 563. The average molecular weight is 332 g/mol. The van der Waals surface area contributed by atoms with Crippen molar-refractivity contribution in [1.82, 2.24) is 4.90 Å². The van der Waals surface area contributed by atoms with Gasteiger partial charge in [-0.15, -0.1) is 0 Å². The second-order valence-corrected chi connectivity index (χ2v) is 6.96. The summed E-state index contributed by atoms with van der Waals surface area (Å²) >= 11 is 0. The Balaban J connectivity index is 1.79. The number of carbonyl (C=O) groups excluding carboxylic acids is 2. The van der Waals surface area contributed by atoms with Gasteiger partial charge in [0.05, 0.1) is 26.2 Å². The zero-order valence-corrected chi connectivity index (χ0v) is 15.1. The van der Waals surface area contributed by atoms with E-state index in [4.69, 9.17) is 0 Å². The predicted octanol–water partition coefficient (Wildman–Crippen LogP) is 0.961. The van der Waals surface area contributed by atoms with Crippen molar-refractivity contribution < 1.29 is 14.5 Å². The van der Waals surface area contributed by atoms with Crippen molar-refractivity contribution in [3.8, 4) is 0 Å². The van der Waals surface area contributed by atoms with E-state index >= 15 is 0 Å². The molecule has 0 unspecified atom stereocenters. The van der Waals surface area contributed by atoms with Gasteiger partial charge in [-0.2, -0.15) is 0 Å². The molecule has 5 nitrogen and oxygen atoms in total. The van der Waals surface area contributed by atoms with E-state index in [0.717, 1.165) is 43.9 Å². The number of rotatable bonds is 6. The number of aryl methyl sites for hydroxylation is 1. The molecular weight excluding hydrogens is 302 g/mol. The topological polar surface area (TPSA) is 53.9 Å². The second kappa shape index (κ2) is 8.83. The van der Waals surface area contributed by atoms with Crippen LogP contribution in [-0.2, 0) is 16.0 Å².